The first-order valence-corrected chi connectivity index (χ1v) is 7.44. The Kier molecular flexibility index (Phi) is 4.08. The topological polar surface area (TPSA) is 45.9 Å². The quantitative estimate of drug-likeness (QED) is 0.839. The molecule has 1 amide bonds. The minimum atomic E-state index is 0.0815. The van der Waals surface area contributed by atoms with Crippen LogP contribution in [0.1, 0.15) is 30.1 Å². The Balaban J connectivity index is 1.54. The average molecular weight is 278 g/mol. The van der Waals surface area contributed by atoms with Gasteiger partial charge in [0.05, 0.1) is 11.8 Å². The summed E-state index contributed by atoms with van der Waals surface area (Å²) in [5.74, 6) is 0.0815. The van der Waals surface area contributed by atoms with Crippen LogP contribution in [0.4, 0.5) is 0 Å². The van der Waals surface area contributed by atoms with Crippen LogP contribution in [0.2, 0.25) is 0 Å². The monoisotopic (exact) mass is 278 g/mol. The van der Waals surface area contributed by atoms with Crippen LogP contribution >= 0.6 is 0 Å². The summed E-state index contributed by atoms with van der Waals surface area (Å²) < 4.78 is 10.4. The molecule has 0 unspecified atom stereocenters. The maximum atomic E-state index is 12.1. The highest BCUT2D eigenvalue weighted by Crippen LogP contribution is 2.24. The summed E-state index contributed by atoms with van der Waals surface area (Å²) in [5, 5.41) is 0. The Labute approximate surface area is 119 Å². The molecule has 1 aromatic rings. The molecule has 3 rings (SSSR count). The van der Waals surface area contributed by atoms with Gasteiger partial charge in [-0.2, -0.15) is 0 Å². The lowest BCUT2D eigenvalue weighted by Gasteiger charge is -2.48. The molecule has 5 heteroatoms. The van der Waals surface area contributed by atoms with Crippen molar-refractivity contribution < 1.29 is 13.9 Å². The lowest BCUT2D eigenvalue weighted by atomic mass is 9.99. The van der Waals surface area contributed by atoms with Gasteiger partial charge in [-0.15, -0.1) is 0 Å². The van der Waals surface area contributed by atoms with Gasteiger partial charge in [-0.3, -0.25) is 9.69 Å². The molecule has 110 valence electrons. The van der Waals surface area contributed by atoms with Crippen LogP contribution < -0.4 is 0 Å². The highest BCUT2D eigenvalue weighted by molar-refractivity contribution is 5.94. The molecule has 0 atom stereocenters. The molecule has 0 N–H and O–H groups in total. The van der Waals surface area contributed by atoms with E-state index in [1.807, 2.05) is 4.90 Å². The van der Waals surface area contributed by atoms with E-state index < -0.39 is 0 Å². The summed E-state index contributed by atoms with van der Waals surface area (Å²) in [7, 11) is 0. The number of carbonyl (C=O) groups excluding carboxylic acids is 1. The van der Waals surface area contributed by atoms with E-state index in [4.69, 9.17) is 9.15 Å². The first-order chi connectivity index (χ1) is 9.79. The molecular formula is C15H22N2O3. The number of nitrogens with zero attached hydrogens (tertiary/aromatic N) is 2. The Bertz CT molecular complexity index is 434. The van der Waals surface area contributed by atoms with Crippen molar-refractivity contribution in [2.75, 3.05) is 32.8 Å². The van der Waals surface area contributed by atoms with Gasteiger partial charge in [-0.25, -0.2) is 0 Å². The van der Waals surface area contributed by atoms with Gasteiger partial charge in [0.25, 0.3) is 5.91 Å². The van der Waals surface area contributed by atoms with Crippen LogP contribution in [0.25, 0.3) is 0 Å². The van der Waals surface area contributed by atoms with Crippen LogP contribution in [0.15, 0.2) is 23.0 Å². The fourth-order valence-electron chi connectivity index (χ4n) is 3.23. The zero-order valence-corrected chi connectivity index (χ0v) is 12.0. The number of rotatable bonds is 4. The summed E-state index contributed by atoms with van der Waals surface area (Å²) in [6, 6.07) is 2.84. The molecule has 3 heterocycles. The van der Waals surface area contributed by atoms with Gasteiger partial charge < -0.3 is 14.1 Å². The molecule has 1 aromatic heterocycles. The van der Waals surface area contributed by atoms with Gasteiger partial charge >= 0.3 is 0 Å². The second-order valence-electron chi connectivity index (χ2n) is 5.55. The Hall–Kier alpha value is -1.33. The minimum Gasteiger partial charge on any atom is -0.472 e. The van der Waals surface area contributed by atoms with Crippen molar-refractivity contribution in [1.82, 2.24) is 9.80 Å². The van der Waals surface area contributed by atoms with Crippen molar-refractivity contribution in [1.29, 1.82) is 0 Å². The van der Waals surface area contributed by atoms with Crippen LogP contribution in [-0.2, 0) is 4.74 Å². The number of hydrogen-bond donors (Lipinski definition) is 0. The van der Waals surface area contributed by atoms with Crippen LogP contribution in [0.3, 0.4) is 0 Å². The first-order valence-electron chi connectivity index (χ1n) is 7.44. The summed E-state index contributed by atoms with van der Waals surface area (Å²) in [6.07, 6.45) is 5.29. The highest BCUT2D eigenvalue weighted by atomic mass is 16.5. The second-order valence-corrected chi connectivity index (χ2v) is 5.55. The van der Waals surface area contributed by atoms with Crippen LogP contribution in [0, 0.1) is 0 Å². The Morgan fingerprint density at radius 3 is 2.70 bits per heavy atom. The van der Waals surface area contributed by atoms with Crippen LogP contribution in [0.5, 0.6) is 0 Å². The summed E-state index contributed by atoms with van der Waals surface area (Å²) >= 11 is 0. The van der Waals surface area contributed by atoms with E-state index in [0.29, 0.717) is 17.6 Å². The molecule has 0 spiro atoms. The van der Waals surface area contributed by atoms with E-state index in [-0.39, 0.29) is 5.91 Å². The third-order valence-electron chi connectivity index (χ3n) is 4.41. The molecular weight excluding hydrogens is 256 g/mol. The summed E-state index contributed by atoms with van der Waals surface area (Å²) in [5.41, 5.74) is 0.651. The van der Waals surface area contributed by atoms with E-state index in [0.717, 1.165) is 45.7 Å². The van der Waals surface area contributed by atoms with E-state index in [1.165, 1.54) is 6.26 Å². The number of carbonyl (C=O) groups is 1. The molecule has 2 aliphatic heterocycles. The molecule has 2 fully saturated rings. The molecule has 0 aromatic carbocycles. The van der Waals surface area contributed by atoms with Gasteiger partial charge in [0.2, 0.25) is 0 Å². The molecule has 20 heavy (non-hydrogen) atoms. The lowest BCUT2D eigenvalue weighted by Crippen LogP contribution is -2.63. The number of hydrogen-bond acceptors (Lipinski definition) is 4. The Morgan fingerprint density at radius 2 is 2.10 bits per heavy atom. The van der Waals surface area contributed by atoms with Crippen molar-refractivity contribution in [3.8, 4) is 0 Å². The highest BCUT2D eigenvalue weighted by Gasteiger charge is 2.37. The van der Waals surface area contributed by atoms with E-state index in [1.54, 1.807) is 12.3 Å². The third kappa shape index (κ3) is 2.60. The van der Waals surface area contributed by atoms with Crippen molar-refractivity contribution in [3.63, 3.8) is 0 Å². The third-order valence-corrected chi connectivity index (χ3v) is 4.41. The van der Waals surface area contributed by atoms with Gasteiger partial charge in [0.15, 0.2) is 0 Å². The van der Waals surface area contributed by atoms with E-state index >= 15 is 0 Å². The second kappa shape index (κ2) is 5.97. The molecule has 0 saturated carbocycles. The van der Waals surface area contributed by atoms with Crippen molar-refractivity contribution in [2.45, 2.75) is 31.8 Å². The largest absolute Gasteiger partial charge is 0.472 e. The molecule has 0 aliphatic carbocycles. The molecule has 0 radical (unpaired) electrons. The molecule has 2 saturated heterocycles. The lowest BCUT2D eigenvalue weighted by molar-refractivity contribution is -0.0222. The van der Waals surface area contributed by atoms with Gasteiger partial charge in [-0.05, 0) is 25.5 Å². The van der Waals surface area contributed by atoms with Gasteiger partial charge in [-0.1, -0.05) is 6.92 Å². The van der Waals surface area contributed by atoms with Crippen LogP contribution in [-0.4, -0.2) is 60.6 Å². The number of likely N-dealkylation sites (N-methyl/N-ethyl adjacent to an activating group) is 1. The SMILES string of the molecule is CCN(C1CCOCC1)C1CN(C(=O)c2ccoc2)C1. The maximum Gasteiger partial charge on any atom is 0.257 e. The maximum absolute atomic E-state index is 12.1. The smallest absolute Gasteiger partial charge is 0.257 e. The predicted octanol–water partition coefficient (Wildman–Crippen LogP) is 1.60. The number of furan rings is 1. The first kappa shape index (κ1) is 13.6. The molecule has 0 bridgehead atoms. The van der Waals surface area contributed by atoms with Crippen molar-refractivity contribution in [2.24, 2.45) is 0 Å². The van der Waals surface area contributed by atoms with Crippen molar-refractivity contribution >= 4 is 5.91 Å². The fourth-order valence-corrected chi connectivity index (χ4v) is 3.23. The summed E-state index contributed by atoms with van der Waals surface area (Å²) in [6.45, 7) is 6.64. The predicted molar refractivity (Wildman–Crippen MR) is 74.6 cm³/mol. The molecule has 2 aliphatic rings. The minimum absolute atomic E-state index is 0.0815. The van der Waals surface area contributed by atoms with Crippen molar-refractivity contribution in [3.05, 3.63) is 24.2 Å². The standard InChI is InChI=1S/C15H22N2O3/c1-2-17(13-4-7-19-8-5-13)14-9-16(10-14)15(18)12-3-6-20-11-12/h3,6,11,13-14H,2,4-5,7-10H2,1H3. The van der Waals surface area contributed by atoms with Gasteiger partial charge in [0.1, 0.15) is 6.26 Å². The van der Waals surface area contributed by atoms with E-state index in [2.05, 4.69) is 11.8 Å². The van der Waals surface area contributed by atoms with Gasteiger partial charge in [0, 0.05) is 38.4 Å². The average Bonchev–Trinajstić information content (AvgIpc) is 2.96. The number of ether oxygens (including phenoxy) is 1. The normalized spacial score (nSPS) is 21.2. The van der Waals surface area contributed by atoms with E-state index in [9.17, 15) is 4.79 Å². The zero-order valence-electron chi connectivity index (χ0n) is 12.0. The number of likely N-dealkylation sites (tertiary alicyclic amines) is 1. The molecule has 5 nitrogen and oxygen atoms in total. The zero-order chi connectivity index (χ0) is 13.9. The number of amides is 1. The Morgan fingerprint density at radius 1 is 1.35 bits per heavy atom. The summed E-state index contributed by atoms with van der Waals surface area (Å²) in [4.78, 5) is 16.6. The fraction of sp³-hybridized carbons (Fsp3) is 0.667.